The highest BCUT2D eigenvalue weighted by molar-refractivity contribution is 14.0. The fraction of sp³-hybridized carbons (Fsp3) is 0.929. The van der Waals surface area contributed by atoms with Crippen molar-refractivity contribution < 1.29 is 4.74 Å². The van der Waals surface area contributed by atoms with Gasteiger partial charge in [-0.2, -0.15) is 0 Å². The minimum absolute atomic E-state index is 0. The van der Waals surface area contributed by atoms with E-state index in [-0.39, 0.29) is 29.4 Å². The molecule has 0 bridgehead atoms. The molecule has 2 fully saturated rings. The number of ether oxygens (including phenoxy) is 1. The fourth-order valence-corrected chi connectivity index (χ4v) is 2.80. The van der Waals surface area contributed by atoms with Crippen LogP contribution in [0.3, 0.4) is 0 Å². The molecule has 2 aliphatic rings. The SMILES string of the molecule is CN=C(NCC1(C)COC1)NC1CCCC(C)C1.I. The molecular weight excluding hydrogens is 353 g/mol. The molecule has 0 aromatic carbocycles. The van der Waals surface area contributed by atoms with Crippen molar-refractivity contribution in [2.45, 2.75) is 45.6 Å². The van der Waals surface area contributed by atoms with Crippen LogP contribution in [0, 0.1) is 11.3 Å². The molecule has 19 heavy (non-hydrogen) atoms. The number of nitrogens with one attached hydrogen (secondary N) is 2. The second kappa shape index (κ2) is 7.67. The van der Waals surface area contributed by atoms with E-state index in [9.17, 15) is 0 Å². The van der Waals surface area contributed by atoms with E-state index >= 15 is 0 Å². The average Bonchev–Trinajstić information content (AvgIpc) is 2.32. The summed E-state index contributed by atoms with van der Waals surface area (Å²) in [4.78, 5) is 4.32. The predicted octanol–water partition coefficient (Wildman–Crippen LogP) is 2.38. The Morgan fingerprint density at radius 1 is 1.37 bits per heavy atom. The molecule has 2 atom stereocenters. The summed E-state index contributed by atoms with van der Waals surface area (Å²) in [5.41, 5.74) is 0.289. The van der Waals surface area contributed by atoms with Gasteiger partial charge in [0, 0.05) is 25.0 Å². The van der Waals surface area contributed by atoms with E-state index in [0.717, 1.165) is 31.6 Å². The van der Waals surface area contributed by atoms with E-state index in [2.05, 4.69) is 29.5 Å². The molecule has 1 saturated carbocycles. The van der Waals surface area contributed by atoms with Gasteiger partial charge in [0.1, 0.15) is 0 Å². The number of aliphatic imine (C=N–C) groups is 1. The van der Waals surface area contributed by atoms with Crippen molar-refractivity contribution in [3.8, 4) is 0 Å². The molecule has 1 aliphatic heterocycles. The molecule has 1 saturated heterocycles. The molecule has 2 rings (SSSR count). The topological polar surface area (TPSA) is 45.7 Å². The van der Waals surface area contributed by atoms with Gasteiger partial charge in [-0.1, -0.05) is 26.7 Å². The van der Waals surface area contributed by atoms with Gasteiger partial charge in [-0.15, -0.1) is 24.0 Å². The summed E-state index contributed by atoms with van der Waals surface area (Å²) >= 11 is 0. The summed E-state index contributed by atoms with van der Waals surface area (Å²) in [5, 5.41) is 6.99. The zero-order valence-corrected chi connectivity index (χ0v) is 14.7. The van der Waals surface area contributed by atoms with Crippen LogP contribution in [-0.2, 0) is 4.74 Å². The molecule has 112 valence electrons. The third-order valence-electron chi connectivity index (χ3n) is 4.08. The summed E-state index contributed by atoms with van der Waals surface area (Å²) in [5.74, 6) is 1.79. The Kier molecular flexibility index (Phi) is 6.86. The first-order valence-electron chi connectivity index (χ1n) is 7.16. The van der Waals surface area contributed by atoms with Crippen LogP contribution in [0.1, 0.15) is 39.5 Å². The predicted molar refractivity (Wildman–Crippen MR) is 90.3 cm³/mol. The summed E-state index contributed by atoms with van der Waals surface area (Å²) in [6, 6.07) is 0.588. The Bertz CT molecular complexity index is 305. The van der Waals surface area contributed by atoms with Crippen molar-refractivity contribution in [3.63, 3.8) is 0 Å². The minimum atomic E-state index is 0. The maximum absolute atomic E-state index is 5.27. The number of halogens is 1. The first-order valence-corrected chi connectivity index (χ1v) is 7.16. The molecule has 5 heteroatoms. The van der Waals surface area contributed by atoms with E-state index in [4.69, 9.17) is 4.74 Å². The highest BCUT2D eigenvalue weighted by atomic mass is 127. The average molecular weight is 381 g/mol. The molecule has 0 aromatic heterocycles. The van der Waals surface area contributed by atoms with Crippen LogP contribution in [0.15, 0.2) is 4.99 Å². The van der Waals surface area contributed by atoms with Crippen molar-refractivity contribution in [2.75, 3.05) is 26.8 Å². The van der Waals surface area contributed by atoms with Gasteiger partial charge >= 0.3 is 0 Å². The van der Waals surface area contributed by atoms with Crippen LogP contribution in [0.25, 0.3) is 0 Å². The Labute approximate surface area is 134 Å². The van der Waals surface area contributed by atoms with E-state index in [1.54, 1.807) is 0 Å². The van der Waals surface area contributed by atoms with Gasteiger partial charge in [-0.05, 0) is 18.8 Å². The monoisotopic (exact) mass is 381 g/mol. The van der Waals surface area contributed by atoms with Crippen molar-refractivity contribution in [1.29, 1.82) is 0 Å². The lowest BCUT2D eigenvalue weighted by Crippen LogP contribution is -2.52. The summed E-state index contributed by atoms with van der Waals surface area (Å²) < 4.78 is 5.27. The zero-order valence-electron chi connectivity index (χ0n) is 12.4. The first-order chi connectivity index (χ1) is 8.61. The fourth-order valence-electron chi connectivity index (χ4n) is 2.80. The highest BCUT2D eigenvalue weighted by Gasteiger charge is 2.33. The van der Waals surface area contributed by atoms with Crippen LogP contribution >= 0.6 is 24.0 Å². The molecule has 1 heterocycles. The quantitative estimate of drug-likeness (QED) is 0.448. The van der Waals surface area contributed by atoms with E-state index in [0.29, 0.717) is 6.04 Å². The Morgan fingerprint density at radius 2 is 2.11 bits per heavy atom. The third-order valence-corrected chi connectivity index (χ3v) is 4.08. The Balaban J connectivity index is 0.00000180. The van der Waals surface area contributed by atoms with Crippen molar-refractivity contribution >= 4 is 29.9 Å². The van der Waals surface area contributed by atoms with Gasteiger partial charge in [0.15, 0.2) is 5.96 Å². The van der Waals surface area contributed by atoms with Gasteiger partial charge < -0.3 is 15.4 Å². The van der Waals surface area contributed by atoms with Crippen molar-refractivity contribution in [2.24, 2.45) is 16.3 Å². The summed E-state index contributed by atoms with van der Waals surface area (Å²) in [6.07, 6.45) is 5.24. The second-order valence-corrected chi connectivity index (χ2v) is 6.34. The molecule has 0 spiro atoms. The van der Waals surface area contributed by atoms with Crippen LogP contribution in [0.4, 0.5) is 0 Å². The van der Waals surface area contributed by atoms with Crippen LogP contribution in [-0.4, -0.2) is 38.8 Å². The molecule has 2 N–H and O–H groups in total. The number of hydrogen-bond acceptors (Lipinski definition) is 2. The first kappa shape index (κ1) is 17.0. The Hall–Kier alpha value is -0.0400. The lowest BCUT2D eigenvalue weighted by molar-refractivity contribution is -0.0971. The van der Waals surface area contributed by atoms with Crippen LogP contribution in [0.2, 0.25) is 0 Å². The lowest BCUT2D eigenvalue weighted by atomic mass is 9.87. The standard InChI is InChI=1S/C14H27N3O.HI/c1-11-5-4-6-12(7-11)17-13(15-3)16-8-14(2)9-18-10-14;/h11-12H,4-10H2,1-3H3,(H2,15,16,17);1H. The van der Waals surface area contributed by atoms with E-state index < -0.39 is 0 Å². The number of hydrogen-bond donors (Lipinski definition) is 2. The molecular formula is C14H28IN3O. The third kappa shape index (κ3) is 5.10. The molecule has 0 radical (unpaired) electrons. The molecule has 0 aromatic rings. The largest absolute Gasteiger partial charge is 0.380 e. The minimum Gasteiger partial charge on any atom is -0.380 e. The van der Waals surface area contributed by atoms with Crippen LogP contribution < -0.4 is 10.6 Å². The van der Waals surface area contributed by atoms with Crippen molar-refractivity contribution in [1.82, 2.24) is 10.6 Å². The molecule has 4 nitrogen and oxygen atoms in total. The molecule has 0 amide bonds. The molecule has 1 aliphatic carbocycles. The van der Waals surface area contributed by atoms with Gasteiger partial charge in [-0.3, -0.25) is 4.99 Å². The Morgan fingerprint density at radius 3 is 2.63 bits per heavy atom. The smallest absolute Gasteiger partial charge is 0.191 e. The van der Waals surface area contributed by atoms with Crippen LogP contribution in [0.5, 0.6) is 0 Å². The lowest BCUT2D eigenvalue weighted by Gasteiger charge is -2.38. The van der Waals surface area contributed by atoms with Gasteiger partial charge in [0.25, 0.3) is 0 Å². The number of guanidine groups is 1. The number of nitrogens with zero attached hydrogens (tertiary/aromatic N) is 1. The maximum Gasteiger partial charge on any atom is 0.191 e. The van der Waals surface area contributed by atoms with Gasteiger partial charge in [-0.25, -0.2) is 0 Å². The van der Waals surface area contributed by atoms with E-state index in [1.807, 2.05) is 7.05 Å². The zero-order chi connectivity index (χ0) is 13.0. The van der Waals surface area contributed by atoms with Crippen molar-refractivity contribution in [3.05, 3.63) is 0 Å². The highest BCUT2D eigenvalue weighted by Crippen LogP contribution is 2.25. The summed E-state index contributed by atoms with van der Waals surface area (Å²) in [7, 11) is 1.85. The van der Waals surface area contributed by atoms with Gasteiger partial charge in [0.2, 0.25) is 0 Å². The second-order valence-electron chi connectivity index (χ2n) is 6.34. The van der Waals surface area contributed by atoms with Gasteiger partial charge in [0.05, 0.1) is 13.2 Å². The maximum atomic E-state index is 5.27. The van der Waals surface area contributed by atoms with E-state index in [1.165, 1.54) is 25.7 Å². The summed E-state index contributed by atoms with van der Waals surface area (Å²) in [6.45, 7) is 7.25. The number of rotatable bonds is 3. The molecule has 2 unspecified atom stereocenters. The normalized spacial score (nSPS) is 29.9.